The first-order valence-electron chi connectivity index (χ1n) is 9.34. The van der Waals surface area contributed by atoms with Crippen molar-refractivity contribution in [1.29, 1.82) is 5.26 Å². The zero-order valence-corrected chi connectivity index (χ0v) is 17.7. The van der Waals surface area contributed by atoms with Gasteiger partial charge in [0.15, 0.2) is 11.5 Å². The van der Waals surface area contributed by atoms with Crippen molar-refractivity contribution in [3.63, 3.8) is 0 Å². The van der Waals surface area contributed by atoms with Crippen LogP contribution >= 0.6 is 11.8 Å². The highest BCUT2D eigenvalue weighted by molar-refractivity contribution is 7.98. The first kappa shape index (κ1) is 21.3. The average Bonchev–Trinajstić information content (AvgIpc) is 2.81. The lowest BCUT2D eigenvalue weighted by Gasteiger charge is -2.12. The van der Waals surface area contributed by atoms with E-state index in [4.69, 9.17) is 14.7 Å². The van der Waals surface area contributed by atoms with Crippen LogP contribution in [-0.4, -0.2) is 20.1 Å². The topological polar surface area (TPSA) is 71.3 Å². The predicted molar refractivity (Wildman–Crippen MR) is 118 cm³/mol. The highest BCUT2D eigenvalue weighted by Crippen LogP contribution is 2.28. The lowest BCUT2D eigenvalue weighted by atomic mass is 10.1. The zero-order valence-electron chi connectivity index (χ0n) is 16.8. The summed E-state index contributed by atoms with van der Waals surface area (Å²) in [6.45, 7) is 0.383. The van der Waals surface area contributed by atoms with Gasteiger partial charge in [-0.15, -0.1) is 11.8 Å². The number of hydrogen-bond acceptors (Lipinski definition) is 5. The maximum absolute atomic E-state index is 12.8. The molecule has 6 heteroatoms. The standard InChI is InChI=1S/C24H22N2O3S/c1-28-21-12-11-19(13-22(21)29-2)15-26-24(27)20-5-3-4-6-23(20)30-16-18-9-7-17(14-25)8-10-18/h3-13H,15-16H2,1-2H3,(H,26,27). The Labute approximate surface area is 180 Å². The lowest BCUT2D eigenvalue weighted by Crippen LogP contribution is -2.23. The minimum absolute atomic E-state index is 0.132. The van der Waals surface area contributed by atoms with Gasteiger partial charge < -0.3 is 14.8 Å². The highest BCUT2D eigenvalue weighted by Gasteiger charge is 2.12. The van der Waals surface area contributed by atoms with E-state index < -0.39 is 0 Å². The average molecular weight is 419 g/mol. The Bertz CT molecular complexity index is 1060. The molecule has 1 N–H and O–H groups in total. The number of ether oxygens (including phenoxy) is 2. The Hall–Kier alpha value is -3.43. The third-order valence-corrected chi connectivity index (χ3v) is 5.65. The van der Waals surface area contributed by atoms with Crippen LogP contribution in [-0.2, 0) is 12.3 Å². The Balaban J connectivity index is 1.65. The van der Waals surface area contributed by atoms with E-state index in [1.807, 2.05) is 54.6 Å². The van der Waals surface area contributed by atoms with Crippen molar-refractivity contribution < 1.29 is 14.3 Å². The van der Waals surface area contributed by atoms with Crippen LogP contribution in [0.2, 0.25) is 0 Å². The molecule has 3 aromatic rings. The smallest absolute Gasteiger partial charge is 0.252 e. The molecule has 0 atom stereocenters. The van der Waals surface area contributed by atoms with Gasteiger partial charge in [0.1, 0.15) is 0 Å². The summed E-state index contributed by atoms with van der Waals surface area (Å²) in [6, 6.07) is 22.7. The van der Waals surface area contributed by atoms with E-state index >= 15 is 0 Å². The van der Waals surface area contributed by atoms with Crippen LogP contribution in [0.3, 0.4) is 0 Å². The summed E-state index contributed by atoms with van der Waals surface area (Å²) < 4.78 is 10.6. The number of thioether (sulfide) groups is 1. The van der Waals surface area contributed by atoms with E-state index in [9.17, 15) is 4.79 Å². The fourth-order valence-corrected chi connectivity index (χ4v) is 3.89. The number of amides is 1. The van der Waals surface area contributed by atoms with Gasteiger partial charge in [-0.05, 0) is 47.5 Å². The summed E-state index contributed by atoms with van der Waals surface area (Å²) >= 11 is 1.59. The molecular weight excluding hydrogens is 396 g/mol. The van der Waals surface area contributed by atoms with E-state index in [2.05, 4.69) is 11.4 Å². The van der Waals surface area contributed by atoms with Gasteiger partial charge in [-0.3, -0.25) is 4.79 Å². The third-order valence-electron chi connectivity index (χ3n) is 4.51. The molecule has 0 aliphatic heterocycles. The SMILES string of the molecule is COc1ccc(CNC(=O)c2ccccc2SCc2ccc(C#N)cc2)cc1OC. The summed E-state index contributed by atoms with van der Waals surface area (Å²) in [5, 5.41) is 11.9. The molecule has 0 fully saturated rings. The van der Waals surface area contributed by atoms with E-state index in [0.29, 0.717) is 34.9 Å². The molecule has 0 radical (unpaired) electrons. The highest BCUT2D eigenvalue weighted by atomic mass is 32.2. The van der Waals surface area contributed by atoms with Gasteiger partial charge in [-0.1, -0.05) is 30.3 Å². The Morgan fingerprint density at radius 3 is 2.37 bits per heavy atom. The minimum atomic E-state index is -0.132. The van der Waals surface area contributed by atoms with Crippen LogP contribution in [0.1, 0.15) is 27.0 Å². The van der Waals surface area contributed by atoms with Gasteiger partial charge in [-0.2, -0.15) is 5.26 Å². The van der Waals surface area contributed by atoms with E-state index in [1.54, 1.807) is 38.1 Å². The molecule has 0 aromatic heterocycles. The van der Waals surface area contributed by atoms with E-state index in [0.717, 1.165) is 16.0 Å². The monoisotopic (exact) mass is 418 g/mol. The Morgan fingerprint density at radius 2 is 1.67 bits per heavy atom. The molecule has 0 saturated carbocycles. The van der Waals surface area contributed by atoms with Crippen molar-refractivity contribution in [3.05, 3.63) is 89.0 Å². The zero-order chi connectivity index (χ0) is 21.3. The molecule has 0 spiro atoms. The summed E-state index contributed by atoms with van der Waals surface area (Å²) in [5.41, 5.74) is 3.29. The summed E-state index contributed by atoms with van der Waals surface area (Å²) in [5.74, 6) is 1.86. The van der Waals surface area contributed by atoms with Crippen LogP contribution in [0.5, 0.6) is 11.5 Å². The van der Waals surface area contributed by atoms with Crippen molar-refractivity contribution in [1.82, 2.24) is 5.32 Å². The second-order valence-electron chi connectivity index (χ2n) is 6.47. The van der Waals surface area contributed by atoms with Crippen molar-refractivity contribution in [2.24, 2.45) is 0 Å². The second kappa shape index (κ2) is 10.4. The predicted octanol–water partition coefficient (Wildman–Crippen LogP) is 4.80. The summed E-state index contributed by atoms with van der Waals surface area (Å²) in [4.78, 5) is 13.7. The lowest BCUT2D eigenvalue weighted by molar-refractivity contribution is 0.0948. The molecule has 0 bridgehead atoms. The van der Waals surface area contributed by atoms with Gasteiger partial charge in [0.05, 0.1) is 31.4 Å². The van der Waals surface area contributed by atoms with Crippen LogP contribution in [0, 0.1) is 11.3 Å². The van der Waals surface area contributed by atoms with Crippen LogP contribution in [0.4, 0.5) is 0 Å². The number of hydrogen-bond donors (Lipinski definition) is 1. The molecule has 0 aliphatic rings. The molecule has 0 saturated heterocycles. The van der Waals surface area contributed by atoms with E-state index in [1.165, 1.54) is 0 Å². The molecule has 0 aliphatic carbocycles. The molecule has 3 rings (SSSR count). The largest absolute Gasteiger partial charge is 0.493 e. The quantitative estimate of drug-likeness (QED) is 0.532. The third kappa shape index (κ3) is 5.34. The van der Waals surface area contributed by atoms with Gasteiger partial charge in [0, 0.05) is 17.2 Å². The molecule has 3 aromatic carbocycles. The number of nitriles is 1. The van der Waals surface area contributed by atoms with Crippen LogP contribution in [0.25, 0.3) is 0 Å². The van der Waals surface area contributed by atoms with Crippen molar-refractivity contribution in [2.45, 2.75) is 17.2 Å². The maximum atomic E-state index is 12.8. The number of rotatable bonds is 8. The molecule has 1 amide bonds. The Kier molecular flexibility index (Phi) is 7.36. The Morgan fingerprint density at radius 1 is 0.967 bits per heavy atom. The van der Waals surface area contributed by atoms with Gasteiger partial charge >= 0.3 is 0 Å². The van der Waals surface area contributed by atoms with Crippen LogP contribution < -0.4 is 14.8 Å². The second-order valence-corrected chi connectivity index (χ2v) is 7.48. The van der Waals surface area contributed by atoms with Gasteiger partial charge in [-0.25, -0.2) is 0 Å². The molecule has 0 unspecified atom stereocenters. The van der Waals surface area contributed by atoms with Gasteiger partial charge in [0.2, 0.25) is 0 Å². The number of carbonyl (C=O) groups excluding carboxylic acids is 1. The van der Waals surface area contributed by atoms with Crippen molar-refractivity contribution >= 4 is 17.7 Å². The first-order valence-corrected chi connectivity index (χ1v) is 10.3. The molecule has 0 heterocycles. The first-order chi connectivity index (χ1) is 14.6. The fraction of sp³-hybridized carbons (Fsp3) is 0.167. The van der Waals surface area contributed by atoms with Crippen LogP contribution in [0.15, 0.2) is 71.6 Å². The van der Waals surface area contributed by atoms with Gasteiger partial charge in [0.25, 0.3) is 5.91 Å². The number of nitrogens with one attached hydrogen (secondary N) is 1. The normalized spacial score (nSPS) is 10.2. The van der Waals surface area contributed by atoms with Crippen molar-refractivity contribution in [2.75, 3.05) is 14.2 Å². The molecule has 5 nitrogen and oxygen atoms in total. The fourth-order valence-electron chi connectivity index (χ4n) is 2.88. The summed E-state index contributed by atoms with van der Waals surface area (Å²) in [6.07, 6.45) is 0. The molecule has 30 heavy (non-hydrogen) atoms. The number of carbonyl (C=O) groups is 1. The summed E-state index contributed by atoms with van der Waals surface area (Å²) in [7, 11) is 3.17. The number of methoxy groups -OCH3 is 2. The molecule has 152 valence electrons. The number of nitrogens with zero attached hydrogens (tertiary/aromatic N) is 1. The maximum Gasteiger partial charge on any atom is 0.252 e. The number of benzene rings is 3. The van der Waals surface area contributed by atoms with Crippen molar-refractivity contribution in [3.8, 4) is 17.6 Å². The molecular formula is C24H22N2O3S. The minimum Gasteiger partial charge on any atom is -0.493 e. The van der Waals surface area contributed by atoms with E-state index in [-0.39, 0.29) is 5.91 Å².